The van der Waals surface area contributed by atoms with E-state index in [9.17, 15) is 0 Å². The lowest BCUT2D eigenvalue weighted by molar-refractivity contribution is 0.300. The minimum absolute atomic E-state index is 0.0451. The smallest absolute Gasteiger partial charge is 0.0472 e. The van der Waals surface area contributed by atoms with Crippen molar-refractivity contribution in [2.75, 3.05) is 23.8 Å². The van der Waals surface area contributed by atoms with Crippen molar-refractivity contribution in [1.29, 1.82) is 0 Å². The fraction of sp³-hybridized carbons (Fsp3) is 0.143. The molecule has 4 nitrogen and oxygen atoms in total. The summed E-state index contributed by atoms with van der Waals surface area (Å²) in [6.45, 7) is 0.0451. The average Bonchev–Trinajstić information content (AvgIpc) is 2.32. The molecular weight excluding hydrogens is 226 g/mol. The summed E-state index contributed by atoms with van der Waals surface area (Å²) in [5.41, 5.74) is 22.2. The predicted molar refractivity (Wildman–Crippen MR) is 75.9 cm³/mol. The molecule has 2 rings (SSSR count). The van der Waals surface area contributed by atoms with Gasteiger partial charge >= 0.3 is 0 Å². The molecule has 0 aliphatic heterocycles. The highest BCUT2D eigenvalue weighted by Crippen LogP contribution is 2.31. The first-order chi connectivity index (χ1) is 8.61. The molecule has 18 heavy (non-hydrogen) atoms. The van der Waals surface area contributed by atoms with Crippen LogP contribution in [0.3, 0.4) is 0 Å². The lowest BCUT2D eigenvalue weighted by Crippen LogP contribution is -2.02. The van der Waals surface area contributed by atoms with Gasteiger partial charge in [0.05, 0.1) is 0 Å². The molecule has 0 saturated heterocycles. The molecule has 4 heteroatoms. The topological polar surface area (TPSA) is 98.3 Å². The monoisotopic (exact) mass is 243 g/mol. The highest BCUT2D eigenvalue weighted by molar-refractivity contribution is 5.78. The maximum atomic E-state index is 9.13. The zero-order valence-corrected chi connectivity index (χ0v) is 10.1. The maximum Gasteiger partial charge on any atom is 0.0472 e. The van der Waals surface area contributed by atoms with Gasteiger partial charge in [-0.2, -0.15) is 0 Å². The minimum Gasteiger partial charge on any atom is -0.399 e. The highest BCUT2D eigenvalue weighted by atomic mass is 16.2. The van der Waals surface area contributed by atoms with E-state index in [0.717, 1.165) is 16.7 Å². The first-order valence-corrected chi connectivity index (χ1v) is 5.76. The Morgan fingerprint density at radius 3 is 2.39 bits per heavy atom. The van der Waals surface area contributed by atoms with Crippen LogP contribution in [0.2, 0.25) is 0 Å². The molecule has 0 aliphatic carbocycles. The molecule has 0 amide bonds. The van der Waals surface area contributed by atoms with Crippen molar-refractivity contribution < 1.29 is 5.11 Å². The Labute approximate surface area is 106 Å². The second-order valence-electron chi connectivity index (χ2n) is 4.24. The third-order valence-electron chi connectivity index (χ3n) is 2.87. The molecule has 0 bridgehead atoms. The van der Waals surface area contributed by atoms with Gasteiger partial charge in [0, 0.05) is 23.7 Å². The van der Waals surface area contributed by atoms with E-state index in [1.807, 2.05) is 30.3 Å². The molecule has 94 valence electrons. The van der Waals surface area contributed by atoms with Crippen molar-refractivity contribution >= 4 is 17.1 Å². The number of anilines is 3. The van der Waals surface area contributed by atoms with Crippen molar-refractivity contribution in [3.8, 4) is 11.1 Å². The molecule has 0 saturated carbocycles. The Bertz CT molecular complexity index is 567. The number of benzene rings is 2. The molecular formula is C14H17N3O. The van der Waals surface area contributed by atoms with Gasteiger partial charge in [0.2, 0.25) is 0 Å². The van der Waals surface area contributed by atoms with Crippen LogP contribution in [0.25, 0.3) is 11.1 Å². The number of nitrogen functional groups attached to an aromatic ring is 3. The molecule has 0 heterocycles. The van der Waals surface area contributed by atoms with Crippen LogP contribution in [0.1, 0.15) is 5.56 Å². The number of aliphatic hydroxyl groups is 1. The van der Waals surface area contributed by atoms with Gasteiger partial charge in [0.1, 0.15) is 0 Å². The van der Waals surface area contributed by atoms with E-state index in [0.29, 0.717) is 23.5 Å². The van der Waals surface area contributed by atoms with Gasteiger partial charge in [-0.25, -0.2) is 0 Å². The molecule has 0 unspecified atom stereocenters. The van der Waals surface area contributed by atoms with Crippen molar-refractivity contribution in [2.45, 2.75) is 6.42 Å². The molecule has 0 aliphatic rings. The van der Waals surface area contributed by atoms with E-state index in [-0.39, 0.29) is 6.61 Å². The van der Waals surface area contributed by atoms with Crippen LogP contribution in [0.15, 0.2) is 36.4 Å². The maximum absolute atomic E-state index is 9.13. The van der Waals surface area contributed by atoms with Crippen LogP contribution in [0, 0.1) is 0 Å². The van der Waals surface area contributed by atoms with Crippen LogP contribution in [-0.4, -0.2) is 11.7 Å². The second-order valence-corrected chi connectivity index (χ2v) is 4.24. The second kappa shape index (κ2) is 4.98. The fourth-order valence-electron chi connectivity index (χ4n) is 2.07. The molecule has 2 aromatic rings. The van der Waals surface area contributed by atoms with Crippen LogP contribution < -0.4 is 17.2 Å². The predicted octanol–water partition coefficient (Wildman–Crippen LogP) is 1.64. The van der Waals surface area contributed by atoms with Gasteiger partial charge in [-0.1, -0.05) is 12.1 Å². The molecule has 0 fully saturated rings. The molecule has 7 N–H and O–H groups in total. The van der Waals surface area contributed by atoms with Crippen LogP contribution in [0.4, 0.5) is 17.1 Å². The lowest BCUT2D eigenvalue weighted by Gasteiger charge is -2.13. The minimum atomic E-state index is 0.0451. The van der Waals surface area contributed by atoms with Crippen molar-refractivity contribution in [3.63, 3.8) is 0 Å². The van der Waals surface area contributed by atoms with Gasteiger partial charge in [-0.15, -0.1) is 0 Å². The number of hydrogen-bond acceptors (Lipinski definition) is 4. The van der Waals surface area contributed by atoms with Gasteiger partial charge in [0.15, 0.2) is 0 Å². The summed E-state index contributed by atoms with van der Waals surface area (Å²) in [6.07, 6.45) is 0.496. The third-order valence-corrected chi connectivity index (χ3v) is 2.87. The summed E-state index contributed by atoms with van der Waals surface area (Å²) in [6, 6.07) is 11.1. The zero-order valence-electron chi connectivity index (χ0n) is 10.1. The van der Waals surface area contributed by atoms with Crippen LogP contribution in [-0.2, 0) is 6.42 Å². The van der Waals surface area contributed by atoms with Crippen LogP contribution in [0.5, 0.6) is 0 Å². The third kappa shape index (κ3) is 2.38. The van der Waals surface area contributed by atoms with Gasteiger partial charge < -0.3 is 22.3 Å². The van der Waals surface area contributed by atoms with E-state index in [1.165, 1.54) is 0 Å². The summed E-state index contributed by atoms with van der Waals surface area (Å²) in [5.74, 6) is 0. The van der Waals surface area contributed by atoms with E-state index < -0.39 is 0 Å². The van der Waals surface area contributed by atoms with Crippen molar-refractivity contribution in [1.82, 2.24) is 0 Å². The van der Waals surface area contributed by atoms with E-state index in [4.69, 9.17) is 22.3 Å². The Balaban J connectivity index is 2.61. The Morgan fingerprint density at radius 1 is 0.944 bits per heavy atom. The lowest BCUT2D eigenvalue weighted by atomic mass is 9.95. The van der Waals surface area contributed by atoms with E-state index in [2.05, 4.69) is 0 Å². The first-order valence-electron chi connectivity index (χ1n) is 5.76. The normalized spacial score (nSPS) is 10.5. The summed E-state index contributed by atoms with van der Waals surface area (Å²) in [4.78, 5) is 0. The number of rotatable bonds is 3. The average molecular weight is 243 g/mol. The van der Waals surface area contributed by atoms with E-state index in [1.54, 1.807) is 6.07 Å². The van der Waals surface area contributed by atoms with Crippen molar-refractivity contribution in [2.24, 2.45) is 0 Å². The largest absolute Gasteiger partial charge is 0.399 e. The number of nitrogens with two attached hydrogens (primary N) is 3. The summed E-state index contributed by atoms with van der Waals surface area (Å²) < 4.78 is 0. The quantitative estimate of drug-likeness (QED) is 0.616. The first kappa shape index (κ1) is 12.3. The molecule has 0 atom stereocenters. The van der Waals surface area contributed by atoms with Crippen molar-refractivity contribution in [3.05, 3.63) is 42.0 Å². The van der Waals surface area contributed by atoms with Gasteiger partial charge in [-0.3, -0.25) is 0 Å². The Hall–Kier alpha value is -2.20. The summed E-state index contributed by atoms with van der Waals surface area (Å²) in [7, 11) is 0. The SMILES string of the molecule is Nc1cccc(-c2cc(N)cc(N)c2CCO)c1. The zero-order chi connectivity index (χ0) is 13.1. The summed E-state index contributed by atoms with van der Waals surface area (Å²) >= 11 is 0. The highest BCUT2D eigenvalue weighted by Gasteiger charge is 2.10. The van der Waals surface area contributed by atoms with Gasteiger partial charge in [0.25, 0.3) is 0 Å². The number of hydrogen-bond donors (Lipinski definition) is 4. The molecule has 0 aromatic heterocycles. The summed E-state index contributed by atoms with van der Waals surface area (Å²) in [5, 5.41) is 9.13. The molecule has 2 aromatic carbocycles. The Morgan fingerprint density at radius 2 is 1.72 bits per heavy atom. The van der Waals surface area contributed by atoms with Crippen LogP contribution >= 0.6 is 0 Å². The molecule has 0 radical (unpaired) electrons. The van der Waals surface area contributed by atoms with E-state index >= 15 is 0 Å². The fourth-order valence-corrected chi connectivity index (χ4v) is 2.07. The number of aliphatic hydroxyl groups excluding tert-OH is 1. The standard InChI is InChI=1S/C14H17N3O/c15-10-3-1-2-9(6-10)13-7-11(16)8-14(17)12(13)4-5-18/h1-3,6-8,18H,4-5,15-17H2. The van der Waals surface area contributed by atoms with Gasteiger partial charge in [-0.05, 0) is 47.4 Å². The Kier molecular flexibility index (Phi) is 3.39. The molecule has 0 spiro atoms.